The lowest BCUT2D eigenvalue weighted by atomic mass is 9.85. The van der Waals surface area contributed by atoms with Gasteiger partial charge in [0.15, 0.2) is 5.78 Å². The van der Waals surface area contributed by atoms with E-state index >= 15 is 0 Å². The lowest BCUT2D eigenvalue weighted by Gasteiger charge is -2.18. The predicted molar refractivity (Wildman–Crippen MR) is 56.0 cm³/mol. The van der Waals surface area contributed by atoms with Gasteiger partial charge in [-0.1, -0.05) is 13.0 Å². The number of allylic oxidation sites excluding steroid dienone is 2. The van der Waals surface area contributed by atoms with Gasteiger partial charge in [0, 0.05) is 12.3 Å². The van der Waals surface area contributed by atoms with Crippen molar-refractivity contribution >= 4 is 11.6 Å². The topological polar surface area (TPSA) is 34.1 Å². The van der Waals surface area contributed by atoms with Crippen LogP contribution in [0.5, 0.6) is 0 Å². The van der Waals surface area contributed by atoms with Gasteiger partial charge in [0.05, 0.1) is 0 Å². The van der Waals surface area contributed by atoms with Crippen LogP contribution in [0.1, 0.15) is 39.5 Å². The van der Waals surface area contributed by atoms with Gasteiger partial charge in [-0.2, -0.15) is 0 Å². The third-order valence-corrected chi connectivity index (χ3v) is 2.93. The summed E-state index contributed by atoms with van der Waals surface area (Å²) < 4.78 is 0. The fourth-order valence-corrected chi connectivity index (χ4v) is 1.95. The first-order valence-electron chi connectivity index (χ1n) is 5.31. The summed E-state index contributed by atoms with van der Waals surface area (Å²) in [5, 5.41) is 0. The monoisotopic (exact) mass is 194 g/mol. The Bertz CT molecular complexity index is 253. The van der Waals surface area contributed by atoms with Gasteiger partial charge in [-0.05, 0) is 38.2 Å². The summed E-state index contributed by atoms with van der Waals surface area (Å²) in [6.45, 7) is 3.69. The van der Waals surface area contributed by atoms with Crippen LogP contribution in [-0.2, 0) is 9.59 Å². The van der Waals surface area contributed by atoms with Gasteiger partial charge in [0.25, 0.3) is 0 Å². The molecule has 0 heterocycles. The summed E-state index contributed by atoms with van der Waals surface area (Å²) in [7, 11) is 0. The molecular weight excluding hydrogens is 176 g/mol. The molecule has 0 amide bonds. The highest BCUT2D eigenvalue weighted by molar-refractivity contribution is 5.92. The van der Waals surface area contributed by atoms with Gasteiger partial charge in [0.2, 0.25) is 0 Å². The van der Waals surface area contributed by atoms with Gasteiger partial charge < -0.3 is 4.79 Å². The van der Waals surface area contributed by atoms with E-state index in [1.54, 1.807) is 13.0 Å². The molecule has 0 aromatic carbocycles. The smallest absolute Gasteiger partial charge is 0.158 e. The summed E-state index contributed by atoms with van der Waals surface area (Å²) in [6, 6.07) is 0. The average molecular weight is 194 g/mol. The van der Waals surface area contributed by atoms with Crippen molar-refractivity contribution in [3.8, 4) is 0 Å². The summed E-state index contributed by atoms with van der Waals surface area (Å²) in [6.07, 6.45) is 6.95. The maximum atomic E-state index is 11.6. The number of hydrogen-bond donors (Lipinski definition) is 0. The van der Waals surface area contributed by atoms with Crippen LogP contribution in [0.2, 0.25) is 0 Å². The molecule has 0 saturated carbocycles. The summed E-state index contributed by atoms with van der Waals surface area (Å²) in [4.78, 5) is 22.5. The zero-order valence-electron chi connectivity index (χ0n) is 8.95. The zero-order chi connectivity index (χ0) is 10.6. The van der Waals surface area contributed by atoms with E-state index in [2.05, 4.69) is 6.92 Å². The largest absolute Gasteiger partial charge is 0.300 e. The number of ketones is 2. The minimum absolute atomic E-state index is 0.0673. The van der Waals surface area contributed by atoms with Crippen molar-refractivity contribution in [3.05, 3.63) is 12.2 Å². The zero-order valence-corrected chi connectivity index (χ0v) is 8.95. The molecule has 0 spiro atoms. The molecule has 2 heteroatoms. The fourth-order valence-electron chi connectivity index (χ4n) is 1.95. The molecule has 0 bridgehead atoms. The molecule has 14 heavy (non-hydrogen) atoms. The molecule has 0 N–H and O–H groups in total. The molecule has 1 rings (SSSR count). The summed E-state index contributed by atoms with van der Waals surface area (Å²) >= 11 is 0. The standard InChI is InChI=1S/C12H18O2/c1-9-5-3-4-6-12(14)11(9)8-7-10(2)13/h4,6,9,11H,3,5,7-8H2,1-2H3. The van der Waals surface area contributed by atoms with Crippen molar-refractivity contribution in [3.63, 3.8) is 0 Å². The minimum atomic E-state index is 0.0673. The number of rotatable bonds is 3. The van der Waals surface area contributed by atoms with Gasteiger partial charge >= 0.3 is 0 Å². The molecule has 0 aromatic rings. The van der Waals surface area contributed by atoms with Crippen LogP contribution >= 0.6 is 0 Å². The van der Waals surface area contributed by atoms with Crippen LogP contribution in [0.25, 0.3) is 0 Å². The number of Topliss-reactive ketones (excluding diaryl/α,β-unsaturated/α-hetero) is 1. The Hall–Kier alpha value is -0.920. The first kappa shape index (κ1) is 11.2. The van der Waals surface area contributed by atoms with E-state index in [1.165, 1.54) is 0 Å². The van der Waals surface area contributed by atoms with Crippen LogP contribution < -0.4 is 0 Å². The molecule has 0 radical (unpaired) electrons. The van der Waals surface area contributed by atoms with Gasteiger partial charge in [-0.3, -0.25) is 4.79 Å². The van der Waals surface area contributed by atoms with Crippen LogP contribution in [0, 0.1) is 11.8 Å². The molecule has 2 atom stereocenters. The maximum Gasteiger partial charge on any atom is 0.158 e. The Morgan fingerprint density at radius 1 is 1.57 bits per heavy atom. The summed E-state index contributed by atoms with van der Waals surface area (Å²) in [5.41, 5.74) is 0. The van der Waals surface area contributed by atoms with Crippen LogP contribution in [0.3, 0.4) is 0 Å². The van der Waals surface area contributed by atoms with Crippen LogP contribution in [-0.4, -0.2) is 11.6 Å². The average Bonchev–Trinajstić information content (AvgIpc) is 2.25. The summed E-state index contributed by atoms with van der Waals surface area (Å²) in [5.74, 6) is 0.865. The van der Waals surface area contributed by atoms with E-state index in [-0.39, 0.29) is 17.5 Å². The van der Waals surface area contributed by atoms with Gasteiger partial charge in [-0.25, -0.2) is 0 Å². The number of hydrogen-bond acceptors (Lipinski definition) is 2. The SMILES string of the molecule is CC(=O)CCC1C(=O)C=CCCC1C. The first-order valence-corrected chi connectivity index (χ1v) is 5.31. The molecule has 0 saturated heterocycles. The molecule has 1 aliphatic rings. The highest BCUT2D eigenvalue weighted by Gasteiger charge is 2.24. The second kappa shape index (κ2) is 5.08. The van der Waals surface area contributed by atoms with Crippen molar-refractivity contribution in [2.75, 3.05) is 0 Å². The normalized spacial score (nSPS) is 27.4. The van der Waals surface area contributed by atoms with Crippen molar-refractivity contribution in [2.24, 2.45) is 11.8 Å². The second-order valence-electron chi connectivity index (χ2n) is 4.21. The Labute approximate surface area is 85.4 Å². The Balaban J connectivity index is 2.57. The molecule has 0 aromatic heterocycles. The van der Waals surface area contributed by atoms with Crippen molar-refractivity contribution in [1.29, 1.82) is 0 Å². The van der Waals surface area contributed by atoms with Gasteiger partial charge in [-0.15, -0.1) is 0 Å². The predicted octanol–water partition coefficient (Wildman–Crippen LogP) is 2.53. The van der Waals surface area contributed by atoms with E-state index < -0.39 is 0 Å². The Kier molecular flexibility index (Phi) is 4.05. The Morgan fingerprint density at radius 3 is 2.93 bits per heavy atom. The lowest BCUT2D eigenvalue weighted by molar-refractivity contribution is -0.120. The van der Waals surface area contributed by atoms with Crippen LogP contribution in [0.15, 0.2) is 12.2 Å². The van der Waals surface area contributed by atoms with Crippen molar-refractivity contribution < 1.29 is 9.59 Å². The van der Waals surface area contributed by atoms with E-state index in [9.17, 15) is 9.59 Å². The molecule has 0 aliphatic heterocycles. The highest BCUT2D eigenvalue weighted by Crippen LogP contribution is 2.26. The third kappa shape index (κ3) is 3.09. The van der Waals surface area contributed by atoms with E-state index in [0.29, 0.717) is 12.3 Å². The molecule has 2 unspecified atom stereocenters. The first-order chi connectivity index (χ1) is 6.61. The third-order valence-electron chi connectivity index (χ3n) is 2.93. The molecule has 2 nitrogen and oxygen atoms in total. The minimum Gasteiger partial charge on any atom is -0.300 e. The van der Waals surface area contributed by atoms with Crippen molar-refractivity contribution in [1.82, 2.24) is 0 Å². The molecule has 78 valence electrons. The van der Waals surface area contributed by atoms with E-state index in [4.69, 9.17) is 0 Å². The molecule has 0 fully saturated rings. The second-order valence-corrected chi connectivity index (χ2v) is 4.21. The molecular formula is C12H18O2. The Morgan fingerprint density at radius 2 is 2.29 bits per heavy atom. The fraction of sp³-hybridized carbons (Fsp3) is 0.667. The lowest BCUT2D eigenvalue weighted by Crippen LogP contribution is -2.20. The van der Waals surface area contributed by atoms with Crippen LogP contribution in [0.4, 0.5) is 0 Å². The maximum absolute atomic E-state index is 11.6. The van der Waals surface area contributed by atoms with E-state index in [0.717, 1.165) is 19.3 Å². The van der Waals surface area contributed by atoms with Crippen molar-refractivity contribution in [2.45, 2.75) is 39.5 Å². The van der Waals surface area contributed by atoms with Gasteiger partial charge in [0.1, 0.15) is 5.78 Å². The number of carbonyl (C=O) groups excluding carboxylic acids is 2. The molecule has 1 aliphatic carbocycles. The number of carbonyl (C=O) groups is 2. The van der Waals surface area contributed by atoms with E-state index in [1.807, 2.05) is 6.08 Å². The highest BCUT2D eigenvalue weighted by atomic mass is 16.1. The quantitative estimate of drug-likeness (QED) is 0.691.